The van der Waals surface area contributed by atoms with E-state index in [0.29, 0.717) is 10.0 Å². The summed E-state index contributed by atoms with van der Waals surface area (Å²) in [6, 6.07) is 5.23. The summed E-state index contributed by atoms with van der Waals surface area (Å²) in [4.78, 5) is 26.8. The summed E-state index contributed by atoms with van der Waals surface area (Å²) in [6.07, 6.45) is 6.29. The molecule has 0 N–H and O–H groups in total. The molecule has 22 heavy (non-hydrogen) atoms. The van der Waals surface area contributed by atoms with Crippen molar-refractivity contribution in [2.75, 3.05) is 0 Å². The van der Waals surface area contributed by atoms with Gasteiger partial charge >= 0.3 is 0 Å². The number of carbonyl (C=O) groups excluding carboxylic acids is 2. The number of amides is 2. The van der Waals surface area contributed by atoms with Crippen molar-refractivity contribution in [2.45, 2.75) is 19.4 Å². The lowest BCUT2D eigenvalue weighted by Gasteiger charge is -2.38. The number of rotatable bonds is 2. The Balaban J connectivity index is 1.62. The number of hydrogen-bond donors (Lipinski definition) is 0. The molecule has 1 heterocycles. The van der Waals surface area contributed by atoms with Gasteiger partial charge in [0.15, 0.2) is 0 Å². The zero-order valence-electron chi connectivity index (χ0n) is 11.8. The van der Waals surface area contributed by atoms with E-state index in [1.54, 1.807) is 12.1 Å². The lowest BCUT2D eigenvalue weighted by molar-refractivity contribution is -0.140. The molecule has 2 amide bonds. The molecule has 0 radical (unpaired) electrons. The number of allylic oxidation sites excluding steroid dienone is 2. The molecule has 1 aromatic carbocycles. The first-order chi connectivity index (χ1) is 10.6. The predicted molar refractivity (Wildman–Crippen MR) is 84.4 cm³/mol. The van der Waals surface area contributed by atoms with Crippen LogP contribution in [-0.4, -0.2) is 16.7 Å². The number of halogens is 2. The molecule has 1 aliphatic heterocycles. The molecule has 4 atom stereocenters. The molecule has 3 aliphatic carbocycles. The Morgan fingerprint density at radius 1 is 0.955 bits per heavy atom. The van der Waals surface area contributed by atoms with E-state index in [4.69, 9.17) is 23.2 Å². The molecular weight excluding hydrogens is 321 g/mol. The standard InChI is InChI=1S/C17H15Cl2NO2/c18-12-6-1-9(7-13(12)19)8-20-16(21)14-10-2-3-11(5-4-10)15(14)17(20)22/h1-3,6-7,10-11,14-15H,4-5,8H2/t10-,11-,14+,15+/m0/s1. The number of imide groups is 1. The summed E-state index contributed by atoms with van der Waals surface area (Å²) in [5.41, 5.74) is 0.829. The topological polar surface area (TPSA) is 37.4 Å². The van der Waals surface area contributed by atoms with Crippen molar-refractivity contribution in [3.8, 4) is 0 Å². The number of benzene rings is 1. The molecule has 5 rings (SSSR count). The molecule has 3 nitrogen and oxygen atoms in total. The molecule has 1 aromatic rings. The van der Waals surface area contributed by atoms with E-state index in [1.807, 2.05) is 6.07 Å². The van der Waals surface area contributed by atoms with E-state index in [2.05, 4.69) is 12.2 Å². The van der Waals surface area contributed by atoms with Gasteiger partial charge in [0.25, 0.3) is 0 Å². The van der Waals surface area contributed by atoms with Gasteiger partial charge in [0.05, 0.1) is 28.4 Å². The van der Waals surface area contributed by atoms with E-state index >= 15 is 0 Å². The Labute approximate surface area is 138 Å². The minimum atomic E-state index is -0.154. The fourth-order valence-corrected chi connectivity index (χ4v) is 4.43. The third-order valence-corrected chi connectivity index (χ3v) is 5.91. The first-order valence-corrected chi connectivity index (χ1v) is 8.29. The summed E-state index contributed by atoms with van der Waals surface area (Å²) < 4.78 is 0. The SMILES string of the molecule is O=C1[C@H]2[C@H](C(=O)N1Cc1ccc(Cl)c(Cl)c1)[C@H]1C=C[C@H]2CC1. The molecule has 0 unspecified atom stereocenters. The lowest BCUT2D eigenvalue weighted by atomic mass is 9.63. The van der Waals surface area contributed by atoms with Crippen LogP contribution < -0.4 is 0 Å². The van der Waals surface area contributed by atoms with Crippen molar-refractivity contribution in [3.63, 3.8) is 0 Å². The average molecular weight is 336 g/mol. The molecule has 5 heteroatoms. The van der Waals surface area contributed by atoms with Crippen LogP contribution in [0.5, 0.6) is 0 Å². The number of hydrogen-bond acceptors (Lipinski definition) is 2. The van der Waals surface area contributed by atoms with Gasteiger partial charge in [0.2, 0.25) is 11.8 Å². The molecule has 1 saturated heterocycles. The zero-order chi connectivity index (χ0) is 15.4. The van der Waals surface area contributed by atoms with Gasteiger partial charge in [-0.3, -0.25) is 14.5 Å². The van der Waals surface area contributed by atoms with Gasteiger partial charge < -0.3 is 0 Å². The maximum atomic E-state index is 12.7. The van der Waals surface area contributed by atoms with Crippen molar-refractivity contribution in [2.24, 2.45) is 23.7 Å². The fourth-order valence-electron chi connectivity index (χ4n) is 4.11. The number of nitrogens with zero attached hydrogens (tertiary/aromatic N) is 1. The van der Waals surface area contributed by atoms with Gasteiger partial charge in [0, 0.05) is 0 Å². The smallest absolute Gasteiger partial charge is 0.234 e. The Kier molecular flexibility index (Phi) is 3.31. The van der Waals surface area contributed by atoms with E-state index in [9.17, 15) is 9.59 Å². The van der Waals surface area contributed by atoms with Crippen LogP contribution in [-0.2, 0) is 16.1 Å². The third-order valence-electron chi connectivity index (χ3n) is 5.18. The highest BCUT2D eigenvalue weighted by Gasteiger charge is 2.56. The summed E-state index contributed by atoms with van der Waals surface area (Å²) in [6.45, 7) is 0.279. The molecule has 0 spiro atoms. The fraction of sp³-hybridized carbons (Fsp3) is 0.412. The highest BCUT2D eigenvalue weighted by molar-refractivity contribution is 6.42. The first-order valence-electron chi connectivity index (χ1n) is 7.54. The second kappa shape index (κ2) is 5.10. The van der Waals surface area contributed by atoms with E-state index < -0.39 is 0 Å². The highest BCUT2D eigenvalue weighted by atomic mass is 35.5. The van der Waals surface area contributed by atoms with Crippen molar-refractivity contribution >= 4 is 35.0 Å². The monoisotopic (exact) mass is 335 g/mol. The highest BCUT2D eigenvalue weighted by Crippen LogP contribution is 2.49. The van der Waals surface area contributed by atoms with Crippen LogP contribution in [0.25, 0.3) is 0 Å². The number of carbonyl (C=O) groups is 2. The summed E-state index contributed by atoms with van der Waals surface area (Å²) in [5, 5.41) is 0.915. The van der Waals surface area contributed by atoms with Gasteiger partial charge in [-0.05, 0) is 42.4 Å². The van der Waals surface area contributed by atoms with Crippen LogP contribution in [0, 0.1) is 23.7 Å². The first kappa shape index (κ1) is 14.3. The van der Waals surface area contributed by atoms with Crippen LogP contribution >= 0.6 is 23.2 Å². The third kappa shape index (κ3) is 2.03. The molecular formula is C17H15Cl2NO2. The summed E-state index contributed by atoms with van der Waals surface area (Å²) in [5.74, 6) is 0.0915. The van der Waals surface area contributed by atoms with Crippen LogP contribution in [0.15, 0.2) is 30.4 Å². The van der Waals surface area contributed by atoms with Gasteiger partial charge in [-0.1, -0.05) is 41.4 Å². The Hall–Kier alpha value is -1.32. The molecule has 1 saturated carbocycles. The molecule has 4 aliphatic rings. The Morgan fingerprint density at radius 3 is 2.05 bits per heavy atom. The second-order valence-corrected chi connectivity index (χ2v) is 7.17. The van der Waals surface area contributed by atoms with Crippen molar-refractivity contribution in [1.82, 2.24) is 4.90 Å². The zero-order valence-corrected chi connectivity index (χ0v) is 13.3. The van der Waals surface area contributed by atoms with Gasteiger partial charge in [-0.15, -0.1) is 0 Å². The summed E-state index contributed by atoms with van der Waals surface area (Å²) >= 11 is 11.9. The average Bonchev–Trinajstić information content (AvgIpc) is 2.79. The van der Waals surface area contributed by atoms with Crippen molar-refractivity contribution in [1.29, 1.82) is 0 Å². The minimum Gasteiger partial charge on any atom is -0.278 e. The quantitative estimate of drug-likeness (QED) is 0.610. The van der Waals surface area contributed by atoms with E-state index in [-0.39, 0.29) is 42.0 Å². The summed E-state index contributed by atoms with van der Waals surface area (Å²) in [7, 11) is 0. The van der Waals surface area contributed by atoms with E-state index in [0.717, 1.165) is 18.4 Å². The van der Waals surface area contributed by atoms with Crippen LogP contribution in [0.3, 0.4) is 0 Å². The molecule has 2 fully saturated rings. The maximum Gasteiger partial charge on any atom is 0.234 e. The van der Waals surface area contributed by atoms with Gasteiger partial charge in [0.1, 0.15) is 0 Å². The van der Waals surface area contributed by atoms with Crippen LogP contribution in [0.2, 0.25) is 10.0 Å². The predicted octanol–water partition coefficient (Wildman–Crippen LogP) is 3.69. The molecule has 2 bridgehead atoms. The minimum absolute atomic E-state index is 0.0277. The molecule has 114 valence electrons. The number of likely N-dealkylation sites (tertiary alicyclic amines) is 1. The van der Waals surface area contributed by atoms with Crippen molar-refractivity contribution < 1.29 is 9.59 Å². The normalized spacial score (nSPS) is 32.7. The lowest BCUT2D eigenvalue weighted by Crippen LogP contribution is -2.38. The second-order valence-electron chi connectivity index (χ2n) is 6.35. The Morgan fingerprint density at radius 2 is 1.55 bits per heavy atom. The molecule has 0 aromatic heterocycles. The van der Waals surface area contributed by atoms with Crippen molar-refractivity contribution in [3.05, 3.63) is 46.0 Å². The van der Waals surface area contributed by atoms with Gasteiger partial charge in [-0.2, -0.15) is 0 Å². The van der Waals surface area contributed by atoms with Gasteiger partial charge in [-0.25, -0.2) is 0 Å². The van der Waals surface area contributed by atoms with Crippen LogP contribution in [0.4, 0.5) is 0 Å². The largest absolute Gasteiger partial charge is 0.278 e. The van der Waals surface area contributed by atoms with Crippen LogP contribution in [0.1, 0.15) is 18.4 Å². The van der Waals surface area contributed by atoms with E-state index in [1.165, 1.54) is 4.90 Å². The number of fused-ring (bicyclic) bond motifs is 1. The maximum absolute atomic E-state index is 12.7. The Bertz CT molecular complexity index is 668.